The van der Waals surface area contributed by atoms with Crippen LogP contribution in [0.5, 0.6) is 17.2 Å². The van der Waals surface area contributed by atoms with E-state index in [1.165, 1.54) is 43.3 Å². The summed E-state index contributed by atoms with van der Waals surface area (Å²) in [5.74, 6) is -0.283. The molecule has 2 amide bonds. The molecular weight excluding hydrogens is 822 g/mol. The molecule has 2 heterocycles. The number of rotatable bonds is 17. The second-order valence-corrected chi connectivity index (χ2v) is 16.7. The molecule has 312 valence electrons. The van der Waals surface area contributed by atoms with Crippen molar-refractivity contribution in [2.75, 3.05) is 37.9 Å². The number of hydrogen-bond acceptors (Lipinski definition) is 17. The van der Waals surface area contributed by atoms with Gasteiger partial charge in [-0.2, -0.15) is 9.59 Å². The monoisotopic (exact) mass is 863 g/mol. The Morgan fingerprint density at radius 3 is 2.24 bits per heavy atom. The minimum atomic E-state index is -3.38. The van der Waals surface area contributed by atoms with Crippen LogP contribution in [-0.2, 0) is 60.1 Å². The van der Waals surface area contributed by atoms with Gasteiger partial charge in [-0.15, -0.1) is 11.3 Å². The van der Waals surface area contributed by atoms with Gasteiger partial charge in [0.25, 0.3) is 5.91 Å². The Kier molecular flexibility index (Phi) is 18.7. The van der Waals surface area contributed by atoms with Crippen LogP contribution in [0.4, 0.5) is 9.93 Å². The number of sulfone groups is 1. The summed E-state index contributed by atoms with van der Waals surface area (Å²) in [5, 5.41) is 16.0. The number of esters is 1. The highest BCUT2D eigenvalue weighted by molar-refractivity contribution is 7.90. The lowest BCUT2D eigenvalue weighted by Gasteiger charge is -2.15. The molecule has 1 aliphatic rings. The number of carbonyl (C=O) groups is 3. The van der Waals surface area contributed by atoms with Gasteiger partial charge in [-0.05, 0) is 62.7 Å². The summed E-state index contributed by atoms with van der Waals surface area (Å²) >= 11 is 1.15. The molecule has 18 nitrogen and oxygen atoms in total. The maximum Gasteiger partial charge on any atom is 0.407 e. The van der Waals surface area contributed by atoms with Crippen LogP contribution in [0.25, 0.3) is 0 Å². The summed E-state index contributed by atoms with van der Waals surface area (Å²) < 4.78 is 68.6. The Hall–Kier alpha value is -5.46. The Morgan fingerprint density at radius 1 is 1.03 bits per heavy atom. The van der Waals surface area contributed by atoms with Gasteiger partial charge in [0.1, 0.15) is 36.6 Å². The van der Waals surface area contributed by atoms with Gasteiger partial charge < -0.3 is 38.4 Å². The average Bonchev–Trinajstić information content (AvgIpc) is 3.81. The number of aromatic nitrogens is 1. The molecule has 1 fully saturated rings. The fourth-order valence-electron chi connectivity index (χ4n) is 4.63. The van der Waals surface area contributed by atoms with Gasteiger partial charge in [-0.3, -0.25) is 14.7 Å². The van der Waals surface area contributed by atoms with Crippen LogP contribution >= 0.6 is 18.9 Å². The number of anilines is 1. The highest BCUT2D eigenvalue weighted by Gasteiger charge is 2.26. The summed E-state index contributed by atoms with van der Waals surface area (Å²) in [6.45, 7) is 5.78. The molecule has 0 aliphatic carbocycles. The fraction of sp³-hybridized carbons (Fsp3) is 0.324. The lowest BCUT2D eigenvalue weighted by atomic mass is 10.2. The van der Waals surface area contributed by atoms with E-state index in [0.717, 1.165) is 23.2 Å². The number of aliphatic hydroxyl groups is 1. The lowest BCUT2D eigenvalue weighted by molar-refractivity contribution is -0.191. The van der Waals surface area contributed by atoms with Gasteiger partial charge in [0.15, 0.2) is 21.1 Å². The summed E-state index contributed by atoms with van der Waals surface area (Å²) in [7, 11) is -6.76. The molecule has 3 aromatic carbocycles. The van der Waals surface area contributed by atoms with E-state index in [-0.39, 0.29) is 72.4 Å². The predicted octanol–water partition coefficient (Wildman–Crippen LogP) is 5.37. The molecule has 0 saturated carbocycles. The van der Waals surface area contributed by atoms with Crippen LogP contribution in [0.15, 0.2) is 83.1 Å². The zero-order valence-corrected chi connectivity index (χ0v) is 34.3. The maximum absolute atomic E-state index is 13.2. The summed E-state index contributed by atoms with van der Waals surface area (Å²) in [5.41, 5.74) is 1.53. The minimum absolute atomic E-state index is 0.0296. The van der Waals surface area contributed by atoms with E-state index in [1.54, 1.807) is 25.3 Å². The van der Waals surface area contributed by atoms with Crippen molar-refractivity contribution >= 4 is 58.0 Å². The second kappa shape index (κ2) is 23.1. The van der Waals surface area contributed by atoms with Crippen molar-refractivity contribution in [2.45, 2.75) is 50.6 Å². The van der Waals surface area contributed by atoms with Crippen LogP contribution < -0.4 is 20.1 Å². The third-order valence-electron chi connectivity index (χ3n) is 7.16. The van der Waals surface area contributed by atoms with Gasteiger partial charge in [0, 0.05) is 23.3 Å². The molecule has 58 heavy (non-hydrogen) atoms. The van der Waals surface area contributed by atoms with E-state index < -0.39 is 47.6 Å². The van der Waals surface area contributed by atoms with Crippen molar-refractivity contribution in [2.24, 2.45) is 0 Å². The predicted molar refractivity (Wildman–Crippen MR) is 207 cm³/mol. The van der Waals surface area contributed by atoms with Gasteiger partial charge in [-0.25, -0.2) is 23.0 Å². The highest BCUT2D eigenvalue weighted by atomic mass is 32.2. The number of ether oxygens (including phenoxy) is 4. The third kappa shape index (κ3) is 16.2. The number of benzene rings is 3. The van der Waals surface area contributed by atoms with Crippen molar-refractivity contribution in [1.29, 1.82) is 0 Å². The van der Waals surface area contributed by atoms with Gasteiger partial charge in [0.2, 0.25) is 0 Å². The van der Waals surface area contributed by atoms with E-state index in [9.17, 15) is 27.4 Å². The molecule has 1 aliphatic heterocycles. The van der Waals surface area contributed by atoms with Crippen LogP contribution in [0.1, 0.15) is 42.4 Å². The molecule has 4 aromatic rings. The molecule has 1 saturated heterocycles. The molecule has 0 bridgehead atoms. The van der Waals surface area contributed by atoms with Crippen LogP contribution in [0.3, 0.4) is 0 Å². The van der Waals surface area contributed by atoms with Crippen molar-refractivity contribution in [3.63, 3.8) is 0 Å². The number of carbonyl (C=O) groups excluding carboxylic acids is 5. The highest BCUT2D eigenvalue weighted by Crippen LogP contribution is 2.51. The van der Waals surface area contributed by atoms with Crippen molar-refractivity contribution in [3.05, 3.63) is 95.0 Å². The van der Waals surface area contributed by atoms with Crippen LogP contribution in [-0.4, -0.2) is 87.5 Å². The number of cyclic esters (lactones) is 1. The Labute approximate surface area is 338 Å². The molecule has 0 unspecified atom stereocenters. The van der Waals surface area contributed by atoms with Gasteiger partial charge >= 0.3 is 25.8 Å². The molecule has 0 radical (unpaired) electrons. The fourth-order valence-corrected chi connectivity index (χ4v) is 7.69. The Balaban J connectivity index is 0.000000471. The average molecular weight is 864 g/mol. The first kappa shape index (κ1) is 46.9. The van der Waals surface area contributed by atoms with Crippen LogP contribution in [0.2, 0.25) is 0 Å². The number of nitrogens with one attached hydrogen (secondary N) is 2. The first-order valence-corrected chi connectivity index (χ1v) is 21.8. The Morgan fingerprint density at radius 2 is 1.67 bits per heavy atom. The van der Waals surface area contributed by atoms with E-state index in [0.29, 0.717) is 11.4 Å². The molecule has 1 aromatic heterocycles. The first-order valence-electron chi connectivity index (χ1n) is 17.3. The first-order chi connectivity index (χ1) is 27.6. The number of alkyl carbamates (subject to hydrolysis) is 1. The number of aliphatic hydroxyl groups excluding tert-OH is 1. The smallest absolute Gasteiger partial charge is 0.407 e. The summed E-state index contributed by atoms with van der Waals surface area (Å²) in [6, 6.07) is 19.7. The lowest BCUT2D eigenvalue weighted by Crippen LogP contribution is -2.22. The quantitative estimate of drug-likeness (QED) is 0.0891. The van der Waals surface area contributed by atoms with Gasteiger partial charge in [-0.1, -0.05) is 30.3 Å². The van der Waals surface area contributed by atoms with Crippen molar-refractivity contribution in [3.8, 4) is 17.2 Å². The Bertz CT molecular complexity index is 2150. The topological polar surface area (TPSA) is 249 Å². The number of amides is 2. The zero-order chi connectivity index (χ0) is 42.7. The largest absolute Gasteiger partial charge is 0.489 e. The molecule has 0 spiro atoms. The number of nitrogens with zero attached hydrogens (tertiary/aromatic N) is 1. The molecule has 21 heteroatoms. The summed E-state index contributed by atoms with van der Waals surface area (Å²) in [4.78, 5) is 56.1. The normalized spacial score (nSPS) is 13.8. The third-order valence-corrected chi connectivity index (χ3v) is 11.1. The maximum atomic E-state index is 13.2. The number of thiazole rings is 1. The van der Waals surface area contributed by atoms with Gasteiger partial charge in [0.05, 0.1) is 36.5 Å². The number of hydrogen-bond donors (Lipinski definition) is 3. The van der Waals surface area contributed by atoms with E-state index >= 15 is 0 Å². The molecule has 5 rings (SSSR count). The SMILES string of the molecule is CCOP(=O)(Cc1csc(NC(=O)c2cc(OC[C@H]3CNC(=O)O3)cc(Oc3ccc(S(C)(=O)=O)cc3)c2)n1)OCC.C[C@@H](O)C(=O)OCc1ccccc1.O=C=O. The van der Waals surface area contributed by atoms with Crippen LogP contribution in [0, 0.1) is 0 Å². The van der Waals surface area contributed by atoms with E-state index in [2.05, 4.69) is 15.6 Å². The molecule has 3 N–H and O–H groups in total. The molecule has 2 atom stereocenters. The van der Waals surface area contributed by atoms with Crippen molar-refractivity contribution in [1.82, 2.24) is 10.3 Å². The summed E-state index contributed by atoms with van der Waals surface area (Å²) in [6.07, 6.45) is -0.793. The standard InChI is InChI=1S/C26H30N3O10PS2.C10H12O3.CO2/c1-4-36-40(32,37-5-2)15-18-16-41-25(28-18)29-24(30)17-10-20(35-14-22-13-27-26(31)39-22)12-21(11-17)38-19-6-8-23(9-7-19)42(3,33)34;1-8(11)10(12)13-7-9-5-3-2-4-6-9;2-1-3/h6-12,16,22H,4-5,13-15H2,1-3H3,(H,27,31)(H,28,29,30);2-6,8,11H,7H2,1H3;/t22-;8-;/m11./s1. The van der Waals surface area contributed by atoms with E-state index in [4.69, 9.17) is 42.7 Å². The second-order valence-electron chi connectivity index (χ2n) is 11.8. The van der Waals surface area contributed by atoms with E-state index in [1.807, 2.05) is 30.3 Å². The van der Waals surface area contributed by atoms with Crippen molar-refractivity contribution < 1.29 is 70.1 Å². The molecular formula is C37H42N3O15PS2. The zero-order valence-electron chi connectivity index (χ0n) is 31.8. The minimum Gasteiger partial charge on any atom is -0.489 e.